The molecule has 1 heteroatoms. The van der Waals surface area contributed by atoms with Crippen molar-refractivity contribution in [3.05, 3.63) is 65.9 Å². The Bertz CT molecular complexity index is 439. The minimum absolute atomic E-state index is 1.18. The lowest BCUT2D eigenvalue weighted by Crippen LogP contribution is -2.14. The molecule has 1 aromatic carbocycles. The molecule has 0 saturated heterocycles. The van der Waals surface area contributed by atoms with Crippen LogP contribution in [-0.2, 0) is 0 Å². The summed E-state index contributed by atoms with van der Waals surface area (Å²) in [5.74, 6) is 0. The largest absolute Gasteiger partial charge is 0.345 e. The van der Waals surface area contributed by atoms with Crippen molar-refractivity contribution in [1.82, 2.24) is 0 Å². The summed E-state index contributed by atoms with van der Waals surface area (Å²) < 4.78 is 0. The van der Waals surface area contributed by atoms with Gasteiger partial charge in [-0.05, 0) is 50.6 Å². The smallest absolute Gasteiger partial charge is 0.0410 e. The second-order valence-electron chi connectivity index (χ2n) is 4.02. The van der Waals surface area contributed by atoms with Crippen LogP contribution in [0.25, 0.3) is 0 Å². The summed E-state index contributed by atoms with van der Waals surface area (Å²) in [6.45, 7) is 6.17. The first-order chi connectivity index (χ1) is 8.19. The van der Waals surface area contributed by atoms with Gasteiger partial charge in [-0.15, -0.1) is 0 Å². The van der Waals surface area contributed by atoms with Gasteiger partial charge in [-0.25, -0.2) is 0 Å². The highest BCUT2D eigenvalue weighted by Crippen LogP contribution is 2.19. The van der Waals surface area contributed by atoms with Crippen molar-refractivity contribution < 1.29 is 0 Å². The molecule has 0 bridgehead atoms. The van der Waals surface area contributed by atoms with Crippen molar-refractivity contribution in [2.75, 3.05) is 11.9 Å². The molecular formula is C16H21N. The fraction of sp³-hybridized carbons (Fsp3) is 0.250. The van der Waals surface area contributed by atoms with Crippen molar-refractivity contribution in [1.29, 1.82) is 0 Å². The second-order valence-corrected chi connectivity index (χ2v) is 4.02. The minimum atomic E-state index is 1.18. The monoisotopic (exact) mass is 227 g/mol. The molecule has 1 nitrogen and oxygen atoms in total. The quantitative estimate of drug-likeness (QED) is 0.686. The molecule has 0 aliphatic carbocycles. The molecule has 0 aliphatic heterocycles. The standard InChI is InChI=1S/C16H21N/c1-5-7-11-15(9-6-2)17(4)16-12-8-10-14(3)13-16/h5-13H,1-4H3. The van der Waals surface area contributed by atoms with E-state index in [1.165, 1.54) is 16.9 Å². The average molecular weight is 227 g/mol. The van der Waals surface area contributed by atoms with Gasteiger partial charge in [0.15, 0.2) is 0 Å². The van der Waals surface area contributed by atoms with Crippen molar-refractivity contribution >= 4 is 5.69 Å². The lowest BCUT2D eigenvalue weighted by Gasteiger charge is -2.20. The summed E-state index contributed by atoms with van der Waals surface area (Å²) in [7, 11) is 2.09. The summed E-state index contributed by atoms with van der Waals surface area (Å²) in [6.07, 6.45) is 10.4. The van der Waals surface area contributed by atoms with E-state index >= 15 is 0 Å². The molecular weight excluding hydrogens is 206 g/mol. The third kappa shape index (κ3) is 3.95. The van der Waals surface area contributed by atoms with Gasteiger partial charge in [0.25, 0.3) is 0 Å². The molecule has 0 aliphatic rings. The maximum atomic E-state index is 2.19. The molecule has 1 aromatic rings. The number of anilines is 1. The van der Waals surface area contributed by atoms with E-state index in [0.717, 1.165) is 0 Å². The van der Waals surface area contributed by atoms with E-state index in [2.05, 4.69) is 67.4 Å². The first kappa shape index (κ1) is 13.3. The normalized spacial score (nSPS) is 12.6. The van der Waals surface area contributed by atoms with E-state index in [0.29, 0.717) is 0 Å². The first-order valence-electron chi connectivity index (χ1n) is 5.95. The van der Waals surface area contributed by atoms with Crippen LogP contribution < -0.4 is 4.90 Å². The van der Waals surface area contributed by atoms with Gasteiger partial charge in [0.05, 0.1) is 0 Å². The van der Waals surface area contributed by atoms with Gasteiger partial charge in [0.1, 0.15) is 0 Å². The Hall–Kier alpha value is -1.76. The zero-order chi connectivity index (χ0) is 12.7. The molecule has 0 aromatic heterocycles. The maximum absolute atomic E-state index is 2.19. The van der Waals surface area contributed by atoms with Gasteiger partial charge in [-0.3, -0.25) is 0 Å². The molecule has 0 heterocycles. The molecule has 0 N–H and O–H groups in total. The summed E-state index contributed by atoms with van der Waals surface area (Å²) in [4.78, 5) is 2.19. The Balaban J connectivity index is 3.03. The van der Waals surface area contributed by atoms with E-state index in [1.807, 2.05) is 19.9 Å². The van der Waals surface area contributed by atoms with E-state index in [9.17, 15) is 0 Å². The third-order valence-electron chi connectivity index (χ3n) is 2.57. The number of hydrogen-bond donors (Lipinski definition) is 0. The van der Waals surface area contributed by atoms with Crippen LogP contribution in [0.2, 0.25) is 0 Å². The topological polar surface area (TPSA) is 3.24 Å². The number of hydrogen-bond acceptors (Lipinski definition) is 1. The summed E-state index contributed by atoms with van der Waals surface area (Å²) in [5, 5.41) is 0. The van der Waals surface area contributed by atoms with E-state index in [1.54, 1.807) is 0 Å². The van der Waals surface area contributed by atoms with Gasteiger partial charge in [-0.2, -0.15) is 0 Å². The van der Waals surface area contributed by atoms with Gasteiger partial charge in [0, 0.05) is 18.4 Å². The third-order valence-corrected chi connectivity index (χ3v) is 2.57. The highest BCUT2D eigenvalue weighted by atomic mass is 15.1. The molecule has 0 atom stereocenters. The first-order valence-corrected chi connectivity index (χ1v) is 5.95. The van der Waals surface area contributed by atoms with Crippen LogP contribution in [0.1, 0.15) is 19.4 Å². The fourth-order valence-corrected chi connectivity index (χ4v) is 1.63. The molecule has 1 rings (SSSR count). The van der Waals surface area contributed by atoms with Crippen LogP contribution in [0.5, 0.6) is 0 Å². The van der Waals surface area contributed by atoms with Gasteiger partial charge < -0.3 is 4.90 Å². The lowest BCUT2D eigenvalue weighted by molar-refractivity contribution is 1.13. The van der Waals surface area contributed by atoms with Crippen LogP contribution in [0.4, 0.5) is 5.69 Å². The highest BCUT2D eigenvalue weighted by Gasteiger charge is 2.03. The number of likely N-dealkylation sites (N-methyl/N-ethyl adjacent to an activating group) is 1. The van der Waals surface area contributed by atoms with Crippen LogP contribution in [0.15, 0.2) is 60.3 Å². The minimum Gasteiger partial charge on any atom is -0.345 e. The van der Waals surface area contributed by atoms with Crippen LogP contribution >= 0.6 is 0 Å². The predicted octanol–water partition coefficient (Wildman–Crippen LogP) is 4.47. The van der Waals surface area contributed by atoms with E-state index in [-0.39, 0.29) is 0 Å². The van der Waals surface area contributed by atoms with Gasteiger partial charge in [-0.1, -0.05) is 30.4 Å². The highest BCUT2D eigenvalue weighted by molar-refractivity contribution is 5.55. The zero-order valence-electron chi connectivity index (χ0n) is 11.1. The molecule has 0 fully saturated rings. The van der Waals surface area contributed by atoms with Crippen LogP contribution in [-0.4, -0.2) is 7.05 Å². The maximum Gasteiger partial charge on any atom is 0.0410 e. The Morgan fingerprint density at radius 3 is 2.53 bits per heavy atom. The summed E-state index contributed by atoms with van der Waals surface area (Å²) >= 11 is 0. The van der Waals surface area contributed by atoms with E-state index < -0.39 is 0 Å². The Morgan fingerprint density at radius 2 is 1.94 bits per heavy atom. The number of allylic oxidation sites excluding steroid dienone is 5. The van der Waals surface area contributed by atoms with E-state index in [4.69, 9.17) is 0 Å². The Morgan fingerprint density at radius 1 is 1.18 bits per heavy atom. The molecule has 90 valence electrons. The number of benzene rings is 1. The second kappa shape index (κ2) is 6.74. The van der Waals surface area contributed by atoms with Crippen molar-refractivity contribution in [2.45, 2.75) is 20.8 Å². The summed E-state index contributed by atoms with van der Waals surface area (Å²) in [5.41, 5.74) is 3.66. The molecule has 0 unspecified atom stereocenters. The molecule has 0 amide bonds. The number of aryl methyl sites for hydroxylation is 1. The van der Waals surface area contributed by atoms with Crippen molar-refractivity contribution in [3.8, 4) is 0 Å². The lowest BCUT2D eigenvalue weighted by atomic mass is 10.2. The van der Waals surface area contributed by atoms with Crippen LogP contribution in [0.3, 0.4) is 0 Å². The Labute approximate surface area is 105 Å². The SMILES string of the molecule is CC=CC=C(C=CC)N(C)c1cccc(C)c1. The molecule has 0 spiro atoms. The van der Waals surface area contributed by atoms with Crippen molar-refractivity contribution in [3.63, 3.8) is 0 Å². The Kier molecular flexibility index (Phi) is 5.28. The number of rotatable bonds is 4. The zero-order valence-corrected chi connectivity index (χ0v) is 11.1. The van der Waals surface area contributed by atoms with Gasteiger partial charge >= 0.3 is 0 Å². The van der Waals surface area contributed by atoms with Crippen LogP contribution in [0, 0.1) is 6.92 Å². The molecule has 0 saturated carbocycles. The predicted molar refractivity (Wildman–Crippen MR) is 77.3 cm³/mol. The van der Waals surface area contributed by atoms with Gasteiger partial charge in [0.2, 0.25) is 0 Å². The average Bonchev–Trinajstić information content (AvgIpc) is 2.33. The fourth-order valence-electron chi connectivity index (χ4n) is 1.63. The number of nitrogens with zero attached hydrogens (tertiary/aromatic N) is 1. The summed E-state index contributed by atoms with van der Waals surface area (Å²) in [6, 6.07) is 8.51. The molecule has 0 radical (unpaired) electrons. The van der Waals surface area contributed by atoms with Crippen molar-refractivity contribution in [2.24, 2.45) is 0 Å². The molecule has 17 heavy (non-hydrogen) atoms.